The topological polar surface area (TPSA) is 58.6 Å². The zero-order valence-electron chi connectivity index (χ0n) is 16.3. The van der Waals surface area contributed by atoms with Crippen molar-refractivity contribution in [2.75, 3.05) is 13.1 Å². The summed E-state index contributed by atoms with van der Waals surface area (Å²) < 4.78 is 5.19. The van der Waals surface area contributed by atoms with Crippen LogP contribution in [0.15, 0.2) is 60.7 Å². The number of rotatable bonds is 7. The molecule has 0 aliphatic carbocycles. The second-order valence-electron chi connectivity index (χ2n) is 7.39. The molecule has 2 amide bonds. The average Bonchev–Trinajstić information content (AvgIpc) is 2.63. The van der Waals surface area contributed by atoms with Gasteiger partial charge in [0.1, 0.15) is 12.1 Å². The summed E-state index contributed by atoms with van der Waals surface area (Å²) in [6, 6.07) is 19.9. The monoisotopic (exact) mass is 368 g/mol. The molecule has 0 saturated carbocycles. The standard InChI is InChI=1S/C22H28N2O3/c1-22(2,3)27-21(26)23-16-20(25)24(17-19-12-8-5-9-13-19)15-14-18-10-6-4-7-11-18/h4-13H,14-17H2,1-3H3,(H,23,26). The Morgan fingerprint density at radius 3 is 2.04 bits per heavy atom. The van der Waals surface area contributed by atoms with Crippen molar-refractivity contribution in [1.29, 1.82) is 0 Å². The largest absolute Gasteiger partial charge is 0.444 e. The van der Waals surface area contributed by atoms with E-state index in [0.29, 0.717) is 13.1 Å². The first kappa shape index (κ1) is 20.5. The molecule has 5 nitrogen and oxygen atoms in total. The summed E-state index contributed by atoms with van der Waals surface area (Å²) in [5.74, 6) is -0.138. The lowest BCUT2D eigenvalue weighted by Crippen LogP contribution is -2.42. The summed E-state index contributed by atoms with van der Waals surface area (Å²) in [6.07, 6.45) is 0.171. The summed E-state index contributed by atoms with van der Waals surface area (Å²) in [4.78, 5) is 26.3. The van der Waals surface area contributed by atoms with Gasteiger partial charge in [-0.05, 0) is 38.3 Å². The number of ether oxygens (including phenoxy) is 1. The Kier molecular flexibility index (Phi) is 7.41. The van der Waals surface area contributed by atoms with Gasteiger partial charge >= 0.3 is 6.09 Å². The van der Waals surface area contributed by atoms with Crippen molar-refractivity contribution in [2.24, 2.45) is 0 Å². The Balaban J connectivity index is 1.97. The minimum atomic E-state index is -0.593. The summed E-state index contributed by atoms with van der Waals surface area (Å²) >= 11 is 0. The molecule has 2 rings (SSSR count). The van der Waals surface area contributed by atoms with Crippen LogP contribution >= 0.6 is 0 Å². The number of amides is 2. The van der Waals surface area contributed by atoms with Crippen molar-refractivity contribution in [3.05, 3.63) is 71.8 Å². The quantitative estimate of drug-likeness (QED) is 0.809. The van der Waals surface area contributed by atoms with Crippen LogP contribution < -0.4 is 5.32 Å². The van der Waals surface area contributed by atoms with Crippen molar-refractivity contribution in [3.63, 3.8) is 0 Å². The maximum Gasteiger partial charge on any atom is 0.408 e. The third kappa shape index (κ3) is 7.94. The number of hydrogen-bond donors (Lipinski definition) is 1. The van der Waals surface area contributed by atoms with E-state index < -0.39 is 11.7 Å². The van der Waals surface area contributed by atoms with Gasteiger partial charge in [-0.25, -0.2) is 4.79 Å². The molecule has 0 aromatic heterocycles. The molecule has 0 atom stereocenters. The lowest BCUT2D eigenvalue weighted by atomic mass is 10.1. The molecule has 0 unspecified atom stereocenters. The lowest BCUT2D eigenvalue weighted by molar-refractivity contribution is -0.130. The minimum absolute atomic E-state index is 0.0868. The van der Waals surface area contributed by atoms with Gasteiger partial charge in [0.15, 0.2) is 0 Å². The zero-order chi connectivity index (χ0) is 19.7. The molecule has 2 aromatic rings. The van der Waals surface area contributed by atoms with Gasteiger partial charge in [-0.1, -0.05) is 60.7 Å². The lowest BCUT2D eigenvalue weighted by Gasteiger charge is -2.24. The number of nitrogens with zero attached hydrogens (tertiary/aromatic N) is 1. The molecule has 0 heterocycles. The highest BCUT2D eigenvalue weighted by atomic mass is 16.6. The Labute approximate surface area is 161 Å². The summed E-state index contributed by atoms with van der Waals surface area (Å²) in [6.45, 7) is 6.36. The van der Waals surface area contributed by atoms with Gasteiger partial charge < -0.3 is 15.0 Å². The third-order valence-electron chi connectivity index (χ3n) is 3.87. The van der Waals surface area contributed by atoms with Crippen molar-refractivity contribution in [1.82, 2.24) is 10.2 Å². The SMILES string of the molecule is CC(C)(C)OC(=O)NCC(=O)N(CCc1ccccc1)Cc1ccccc1. The molecule has 0 spiro atoms. The molecule has 5 heteroatoms. The predicted molar refractivity (Wildman–Crippen MR) is 106 cm³/mol. The van der Waals surface area contributed by atoms with Crippen LogP contribution in [0.1, 0.15) is 31.9 Å². The van der Waals surface area contributed by atoms with Crippen LogP contribution in [0, 0.1) is 0 Å². The first-order chi connectivity index (χ1) is 12.8. The third-order valence-corrected chi connectivity index (χ3v) is 3.87. The minimum Gasteiger partial charge on any atom is -0.444 e. The molecular formula is C22H28N2O3. The number of hydrogen-bond acceptors (Lipinski definition) is 3. The molecule has 1 N–H and O–H groups in total. The van der Waals surface area contributed by atoms with E-state index in [2.05, 4.69) is 5.32 Å². The number of benzene rings is 2. The van der Waals surface area contributed by atoms with E-state index >= 15 is 0 Å². The number of carbonyl (C=O) groups is 2. The van der Waals surface area contributed by atoms with Gasteiger partial charge in [-0.15, -0.1) is 0 Å². The maximum atomic E-state index is 12.7. The van der Waals surface area contributed by atoms with E-state index in [1.807, 2.05) is 60.7 Å². The first-order valence-electron chi connectivity index (χ1n) is 9.16. The summed E-state index contributed by atoms with van der Waals surface area (Å²) in [5.41, 5.74) is 1.63. The van der Waals surface area contributed by atoms with Gasteiger partial charge in [0.25, 0.3) is 0 Å². The molecule has 0 saturated heterocycles. The Morgan fingerprint density at radius 2 is 1.48 bits per heavy atom. The highest BCUT2D eigenvalue weighted by Gasteiger charge is 2.19. The number of nitrogens with one attached hydrogen (secondary N) is 1. The van der Waals surface area contributed by atoms with Crippen LogP contribution in [0.4, 0.5) is 4.79 Å². The van der Waals surface area contributed by atoms with Crippen LogP contribution in [0.2, 0.25) is 0 Å². The molecule has 0 bridgehead atoms. The van der Waals surface area contributed by atoms with E-state index in [9.17, 15) is 9.59 Å². The Hall–Kier alpha value is -2.82. The smallest absolute Gasteiger partial charge is 0.408 e. The van der Waals surface area contributed by atoms with Gasteiger partial charge in [-0.2, -0.15) is 0 Å². The van der Waals surface area contributed by atoms with E-state index in [1.54, 1.807) is 25.7 Å². The first-order valence-corrected chi connectivity index (χ1v) is 9.16. The van der Waals surface area contributed by atoms with Crippen LogP contribution in [0.25, 0.3) is 0 Å². The molecule has 0 fully saturated rings. The maximum absolute atomic E-state index is 12.7. The van der Waals surface area contributed by atoms with E-state index in [-0.39, 0.29) is 12.5 Å². The van der Waals surface area contributed by atoms with Crippen molar-refractivity contribution >= 4 is 12.0 Å². The van der Waals surface area contributed by atoms with Crippen molar-refractivity contribution in [2.45, 2.75) is 39.3 Å². The van der Waals surface area contributed by atoms with Gasteiger partial charge in [-0.3, -0.25) is 4.79 Å². The normalized spacial score (nSPS) is 10.9. The Bertz CT molecular complexity index is 724. The fraction of sp³-hybridized carbons (Fsp3) is 0.364. The van der Waals surface area contributed by atoms with Gasteiger partial charge in [0.2, 0.25) is 5.91 Å². The van der Waals surface area contributed by atoms with E-state index in [1.165, 1.54) is 5.56 Å². The highest BCUT2D eigenvalue weighted by Crippen LogP contribution is 2.09. The van der Waals surface area contributed by atoms with Crippen molar-refractivity contribution in [3.8, 4) is 0 Å². The molecule has 144 valence electrons. The fourth-order valence-corrected chi connectivity index (χ4v) is 2.58. The molecule has 0 radical (unpaired) electrons. The number of alkyl carbamates (subject to hydrolysis) is 1. The summed E-state index contributed by atoms with van der Waals surface area (Å²) in [5, 5.41) is 2.55. The van der Waals surface area contributed by atoms with Crippen LogP contribution in [-0.4, -0.2) is 35.6 Å². The fourth-order valence-electron chi connectivity index (χ4n) is 2.58. The second kappa shape index (κ2) is 9.76. The van der Waals surface area contributed by atoms with Crippen molar-refractivity contribution < 1.29 is 14.3 Å². The molecule has 2 aromatic carbocycles. The molecule has 0 aliphatic rings. The molecule has 27 heavy (non-hydrogen) atoms. The predicted octanol–water partition coefficient (Wildman–Crippen LogP) is 3.78. The Morgan fingerprint density at radius 1 is 0.926 bits per heavy atom. The van der Waals surface area contributed by atoms with Gasteiger partial charge in [0.05, 0.1) is 0 Å². The van der Waals surface area contributed by atoms with Gasteiger partial charge in [0, 0.05) is 13.1 Å². The second-order valence-corrected chi connectivity index (χ2v) is 7.39. The number of carbonyl (C=O) groups excluding carboxylic acids is 2. The van der Waals surface area contributed by atoms with Crippen LogP contribution in [-0.2, 0) is 22.5 Å². The van der Waals surface area contributed by atoms with E-state index in [4.69, 9.17) is 4.74 Å². The summed E-state index contributed by atoms with van der Waals surface area (Å²) in [7, 11) is 0. The highest BCUT2D eigenvalue weighted by molar-refractivity contribution is 5.82. The average molecular weight is 368 g/mol. The molecule has 0 aliphatic heterocycles. The van der Waals surface area contributed by atoms with Crippen LogP contribution in [0.5, 0.6) is 0 Å². The van der Waals surface area contributed by atoms with Crippen LogP contribution in [0.3, 0.4) is 0 Å². The van der Waals surface area contributed by atoms with E-state index in [0.717, 1.165) is 12.0 Å². The molecular weight excluding hydrogens is 340 g/mol. The zero-order valence-corrected chi connectivity index (χ0v) is 16.3.